The van der Waals surface area contributed by atoms with Crippen molar-refractivity contribution < 1.29 is 14.8 Å². The first kappa shape index (κ1) is 19.0. The third-order valence-corrected chi connectivity index (χ3v) is 4.48. The van der Waals surface area contributed by atoms with E-state index in [0.717, 1.165) is 37.6 Å². The fraction of sp³-hybridized carbons (Fsp3) is 0.474. The summed E-state index contributed by atoms with van der Waals surface area (Å²) in [6.45, 7) is 2.56. The van der Waals surface area contributed by atoms with Crippen LogP contribution in [0.4, 0.5) is 0 Å². The number of para-hydroxylation sites is 1. The van der Waals surface area contributed by atoms with Crippen LogP contribution in [0.25, 0.3) is 10.9 Å². The van der Waals surface area contributed by atoms with E-state index in [-0.39, 0.29) is 17.7 Å². The van der Waals surface area contributed by atoms with E-state index in [1.54, 1.807) is 5.48 Å². The van der Waals surface area contributed by atoms with Crippen molar-refractivity contribution in [2.24, 2.45) is 5.92 Å². The van der Waals surface area contributed by atoms with Crippen molar-refractivity contribution in [1.29, 1.82) is 0 Å². The Morgan fingerprint density at radius 2 is 2.00 bits per heavy atom. The zero-order valence-electron chi connectivity index (χ0n) is 14.7. The molecule has 0 fully saturated rings. The van der Waals surface area contributed by atoms with E-state index in [9.17, 15) is 9.59 Å². The highest BCUT2D eigenvalue weighted by Crippen LogP contribution is 2.17. The van der Waals surface area contributed by atoms with E-state index < -0.39 is 0 Å². The number of carbonyl (C=O) groups is 2. The molecular weight excluding hydrogens is 318 g/mol. The predicted molar refractivity (Wildman–Crippen MR) is 97.2 cm³/mol. The van der Waals surface area contributed by atoms with Crippen molar-refractivity contribution in [3.63, 3.8) is 0 Å². The molecule has 2 rings (SSSR count). The number of fused-ring (bicyclic) bond motifs is 1. The summed E-state index contributed by atoms with van der Waals surface area (Å²) in [5, 5.41) is 12.6. The summed E-state index contributed by atoms with van der Waals surface area (Å²) in [4.78, 5) is 26.3. The SMILES string of the molecule is CC(CCCCCC(=O)NO)C(=O)NCCc1c[nH]c2ccccc12. The number of hydrogen-bond acceptors (Lipinski definition) is 3. The molecule has 0 saturated heterocycles. The van der Waals surface area contributed by atoms with Crippen LogP contribution in [0, 0.1) is 5.92 Å². The van der Waals surface area contributed by atoms with Gasteiger partial charge in [-0.15, -0.1) is 0 Å². The van der Waals surface area contributed by atoms with Gasteiger partial charge >= 0.3 is 0 Å². The zero-order valence-corrected chi connectivity index (χ0v) is 14.7. The summed E-state index contributed by atoms with van der Waals surface area (Å²) in [5.74, 6) is -0.314. The van der Waals surface area contributed by atoms with Crippen molar-refractivity contribution in [1.82, 2.24) is 15.8 Å². The molecule has 1 atom stereocenters. The number of benzene rings is 1. The van der Waals surface area contributed by atoms with E-state index >= 15 is 0 Å². The number of nitrogens with one attached hydrogen (secondary N) is 3. The van der Waals surface area contributed by atoms with E-state index in [0.29, 0.717) is 13.0 Å². The van der Waals surface area contributed by atoms with Crippen LogP contribution in [0.15, 0.2) is 30.5 Å². The molecule has 25 heavy (non-hydrogen) atoms. The molecule has 6 heteroatoms. The fourth-order valence-electron chi connectivity index (χ4n) is 2.93. The van der Waals surface area contributed by atoms with Crippen LogP contribution < -0.4 is 10.8 Å². The van der Waals surface area contributed by atoms with Gasteiger partial charge in [0.05, 0.1) is 0 Å². The Morgan fingerprint density at radius 1 is 1.20 bits per heavy atom. The number of hydroxylamine groups is 1. The third kappa shape index (κ3) is 5.90. The number of rotatable bonds is 10. The van der Waals surface area contributed by atoms with Crippen molar-refractivity contribution >= 4 is 22.7 Å². The monoisotopic (exact) mass is 345 g/mol. The molecule has 0 bridgehead atoms. The molecule has 1 heterocycles. The molecular formula is C19H27N3O3. The van der Waals surface area contributed by atoms with Gasteiger partial charge in [-0.25, -0.2) is 5.48 Å². The van der Waals surface area contributed by atoms with Crippen LogP contribution in [0.2, 0.25) is 0 Å². The van der Waals surface area contributed by atoms with Gasteiger partial charge in [0.1, 0.15) is 0 Å². The normalized spacial score (nSPS) is 12.1. The highest BCUT2D eigenvalue weighted by atomic mass is 16.5. The zero-order chi connectivity index (χ0) is 18.1. The van der Waals surface area contributed by atoms with Gasteiger partial charge in [-0.05, 0) is 30.9 Å². The van der Waals surface area contributed by atoms with Gasteiger partial charge in [0.15, 0.2) is 0 Å². The van der Waals surface area contributed by atoms with Crippen molar-refractivity contribution in [2.75, 3.05) is 6.54 Å². The summed E-state index contributed by atoms with van der Waals surface area (Å²) in [5.41, 5.74) is 3.95. The van der Waals surface area contributed by atoms with E-state index in [2.05, 4.69) is 16.4 Å². The highest BCUT2D eigenvalue weighted by Gasteiger charge is 2.12. The van der Waals surface area contributed by atoms with Gasteiger partial charge in [0.2, 0.25) is 11.8 Å². The molecule has 136 valence electrons. The minimum atomic E-state index is -0.358. The van der Waals surface area contributed by atoms with Gasteiger partial charge in [0.25, 0.3) is 0 Å². The molecule has 6 nitrogen and oxygen atoms in total. The molecule has 2 amide bonds. The minimum Gasteiger partial charge on any atom is -0.361 e. The second-order valence-corrected chi connectivity index (χ2v) is 6.44. The maximum absolute atomic E-state index is 12.1. The number of amides is 2. The van der Waals surface area contributed by atoms with Gasteiger partial charge in [0, 0.05) is 36.0 Å². The predicted octanol–water partition coefficient (Wildman–Crippen LogP) is 2.92. The first-order chi connectivity index (χ1) is 12.1. The maximum Gasteiger partial charge on any atom is 0.243 e. The molecule has 0 spiro atoms. The van der Waals surface area contributed by atoms with Crippen LogP contribution in [0.3, 0.4) is 0 Å². The molecule has 0 aliphatic rings. The Bertz CT molecular complexity index is 696. The van der Waals surface area contributed by atoms with Gasteiger partial charge < -0.3 is 10.3 Å². The van der Waals surface area contributed by atoms with Crippen LogP contribution >= 0.6 is 0 Å². The highest BCUT2D eigenvalue weighted by molar-refractivity contribution is 5.83. The summed E-state index contributed by atoms with van der Waals surface area (Å²) in [6.07, 6.45) is 6.43. The standard InChI is InChI=1S/C19H27N3O3/c1-14(7-3-2-4-10-18(23)22-25)19(24)20-12-11-15-13-21-17-9-6-5-8-16(15)17/h5-6,8-9,13-14,21,25H,2-4,7,10-12H2,1H3,(H,20,24)(H,22,23). The lowest BCUT2D eigenvalue weighted by atomic mass is 10.0. The Morgan fingerprint density at radius 3 is 2.80 bits per heavy atom. The summed E-state index contributed by atoms with van der Waals surface area (Å²) >= 11 is 0. The average molecular weight is 345 g/mol. The smallest absolute Gasteiger partial charge is 0.243 e. The number of H-pyrrole nitrogens is 1. The van der Waals surface area contributed by atoms with Crippen LogP contribution in [0.1, 0.15) is 44.6 Å². The summed E-state index contributed by atoms with van der Waals surface area (Å²) in [7, 11) is 0. The maximum atomic E-state index is 12.1. The number of aromatic nitrogens is 1. The van der Waals surface area contributed by atoms with Crippen LogP contribution in [0.5, 0.6) is 0 Å². The lowest BCUT2D eigenvalue weighted by Crippen LogP contribution is -2.30. The van der Waals surface area contributed by atoms with Gasteiger partial charge in [-0.1, -0.05) is 38.0 Å². The van der Waals surface area contributed by atoms with E-state index in [4.69, 9.17) is 5.21 Å². The van der Waals surface area contributed by atoms with Crippen molar-refractivity contribution in [2.45, 2.75) is 45.4 Å². The Kier molecular flexibility index (Phi) is 7.47. The molecule has 4 N–H and O–H groups in total. The number of unbranched alkanes of at least 4 members (excludes halogenated alkanes) is 2. The van der Waals surface area contributed by atoms with Crippen molar-refractivity contribution in [3.05, 3.63) is 36.0 Å². The quantitative estimate of drug-likeness (QED) is 0.303. The molecule has 0 aliphatic heterocycles. The second-order valence-electron chi connectivity index (χ2n) is 6.44. The topological polar surface area (TPSA) is 94.2 Å². The van der Waals surface area contributed by atoms with Gasteiger partial charge in [-0.3, -0.25) is 14.8 Å². The van der Waals surface area contributed by atoms with Crippen LogP contribution in [-0.4, -0.2) is 28.6 Å². The minimum absolute atomic E-state index is 0.0327. The first-order valence-electron chi connectivity index (χ1n) is 8.87. The lowest BCUT2D eigenvalue weighted by molar-refractivity contribution is -0.129. The summed E-state index contributed by atoms with van der Waals surface area (Å²) in [6, 6.07) is 8.15. The molecule has 1 unspecified atom stereocenters. The summed E-state index contributed by atoms with van der Waals surface area (Å²) < 4.78 is 0. The number of hydrogen-bond donors (Lipinski definition) is 4. The van der Waals surface area contributed by atoms with Crippen molar-refractivity contribution in [3.8, 4) is 0 Å². The second kappa shape index (κ2) is 9.84. The fourth-order valence-corrected chi connectivity index (χ4v) is 2.93. The molecule has 1 aromatic heterocycles. The number of carbonyl (C=O) groups excluding carboxylic acids is 2. The number of aromatic amines is 1. The third-order valence-electron chi connectivity index (χ3n) is 4.48. The Balaban J connectivity index is 1.63. The Labute approximate surface area is 148 Å². The van der Waals surface area contributed by atoms with E-state index in [1.165, 1.54) is 10.9 Å². The molecule has 0 aliphatic carbocycles. The molecule has 2 aromatic rings. The molecule has 1 aromatic carbocycles. The molecule has 0 saturated carbocycles. The Hall–Kier alpha value is -2.34. The van der Waals surface area contributed by atoms with Gasteiger partial charge in [-0.2, -0.15) is 0 Å². The lowest BCUT2D eigenvalue weighted by Gasteiger charge is -2.12. The average Bonchev–Trinajstić information content (AvgIpc) is 3.04. The first-order valence-corrected chi connectivity index (χ1v) is 8.87. The largest absolute Gasteiger partial charge is 0.361 e. The van der Waals surface area contributed by atoms with E-state index in [1.807, 2.05) is 31.3 Å². The molecule has 0 radical (unpaired) electrons. The van der Waals surface area contributed by atoms with Crippen LogP contribution in [-0.2, 0) is 16.0 Å².